The average molecular weight is 429 g/mol. The van der Waals surface area contributed by atoms with Crippen molar-refractivity contribution in [2.75, 3.05) is 5.32 Å². The molecule has 0 aliphatic carbocycles. The number of nitrogens with one attached hydrogen (secondary N) is 1. The maximum absolute atomic E-state index is 13.4. The van der Waals surface area contributed by atoms with Crippen LogP contribution in [-0.4, -0.2) is 30.5 Å². The Morgan fingerprint density at radius 3 is 2.59 bits per heavy atom. The topological polar surface area (TPSA) is 88.5 Å². The van der Waals surface area contributed by atoms with Crippen molar-refractivity contribution < 1.29 is 13.9 Å². The van der Waals surface area contributed by atoms with Crippen LogP contribution in [0.5, 0.6) is 0 Å². The number of aliphatic hydroxyl groups is 1. The van der Waals surface area contributed by atoms with Crippen molar-refractivity contribution in [3.63, 3.8) is 0 Å². The molecule has 0 saturated carbocycles. The van der Waals surface area contributed by atoms with Crippen LogP contribution in [0.4, 0.5) is 10.3 Å². The molecule has 160 valence electrons. The van der Waals surface area contributed by atoms with E-state index in [-0.39, 0.29) is 11.9 Å². The first kappa shape index (κ1) is 19.9. The molecular weight excluding hydrogens is 409 g/mol. The van der Waals surface area contributed by atoms with E-state index in [0.29, 0.717) is 28.9 Å². The lowest BCUT2D eigenvalue weighted by Crippen LogP contribution is -2.25. The largest absolute Gasteiger partial charge is 0.432 e. The second-order valence-electron chi connectivity index (χ2n) is 7.43. The summed E-state index contributed by atoms with van der Waals surface area (Å²) < 4.78 is 20.7. The summed E-state index contributed by atoms with van der Waals surface area (Å²) in [5.74, 6) is 0.450. The summed E-state index contributed by atoms with van der Waals surface area (Å²) in [6.07, 6.45) is 4.20. The summed E-state index contributed by atoms with van der Waals surface area (Å²) in [5.41, 5.74) is 3.46. The van der Waals surface area contributed by atoms with Crippen LogP contribution in [0.15, 0.2) is 83.7 Å². The maximum Gasteiger partial charge on any atom is 0.306 e. The molecule has 8 heteroatoms. The number of imidazole rings is 1. The number of hydrogen-bond acceptors (Lipinski definition) is 6. The molecule has 0 aliphatic heterocycles. The van der Waals surface area contributed by atoms with E-state index in [1.165, 1.54) is 12.1 Å². The van der Waals surface area contributed by atoms with Crippen molar-refractivity contribution in [2.24, 2.45) is 0 Å². The summed E-state index contributed by atoms with van der Waals surface area (Å²) in [6.45, 7) is 1.87. The minimum atomic E-state index is -0.728. The van der Waals surface area contributed by atoms with E-state index in [1.807, 2.05) is 37.3 Å². The number of aliphatic hydroxyl groups excluding tert-OH is 1. The molecule has 0 amide bonds. The van der Waals surface area contributed by atoms with Crippen molar-refractivity contribution in [1.82, 2.24) is 19.4 Å². The van der Waals surface area contributed by atoms with E-state index in [9.17, 15) is 9.50 Å². The SMILES string of the molecule is C[C@@H](Nc1nccc(-c2c(-c3ccc(F)cc3)nc3occn23)n1)[C@@H](O)c1ccccc1. The number of oxazole rings is 1. The van der Waals surface area contributed by atoms with Crippen LogP contribution in [0.2, 0.25) is 0 Å². The third-order valence-electron chi connectivity index (χ3n) is 5.25. The van der Waals surface area contributed by atoms with Crippen LogP contribution in [0.25, 0.3) is 28.5 Å². The van der Waals surface area contributed by atoms with Crippen LogP contribution < -0.4 is 5.32 Å². The number of nitrogens with zero attached hydrogens (tertiary/aromatic N) is 4. The van der Waals surface area contributed by atoms with Gasteiger partial charge in [-0.1, -0.05) is 30.3 Å². The molecular formula is C24H20FN5O2. The van der Waals surface area contributed by atoms with Crippen LogP contribution in [0, 0.1) is 5.82 Å². The number of anilines is 1. The molecule has 0 bridgehead atoms. The van der Waals surface area contributed by atoms with Crippen molar-refractivity contribution in [1.29, 1.82) is 0 Å². The van der Waals surface area contributed by atoms with Gasteiger partial charge in [0.05, 0.1) is 17.8 Å². The summed E-state index contributed by atoms with van der Waals surface area (Å²) in [6, 6.07) is 17.0. The molecule has 3 heterocycles. The van der Waals surface area contributed by atoms with Gasteiger partial charge in [0.1, 0.15) is 23.5 Å². The lowest BCUT2D eigenvalue weighted by Gasteiger charge is -2.20. The Morgan fingerprint density at radius 2 is 1.81 bits per heavy atom. The normalized spacial score (nSPS) is 13.2. The molecule has 7 nitrogen and oxygen atoms in total. The monoisotopic (exact) mass is 429 g/mol. The maximum atomic E-state index is 13.4. The first-order valence-corrected chi connectivity index (χ1v) is 10.1. The van der Waals surface area contributed by atoms with Crippen molar-refractivity contribution in [3.05, 3.63) is 90.7 Å². The van der Waals surface area contributed by atoms with E-state index in [0.717, 1.165) is 11.1 Å². The molecule has 0 fully saturated rings. The van der Waals surface area contributed by atoms with E-state index >= 15 is 0 Å². The van der Waals surface area contributed by atoms with Gasteiger partial charge in [0.25, 0.3) is 0 Å². The summed E-state index contributed by atoms with van der Waals surface area (Å²) in [4.78, 5) is 13.5. The first-order chi connectivity index (χ1) is 15.6. The molecule has 0 spiro atoms. The fraction of sp³-hybridized carbons (Fsp3) is 0.125. The second kappa shape index (κ2) is 8.24. The third-order valence-corrected chi connectivity index (χ3v) is 5.25. The lowest BCUT2D eigenvalue weighted by atomic mass is 10.0. The fourth-order valence-electron chi connectivity index (χ4n) is 3.62. The molecule has 2 atom stereocenters. The summed E-state index contributed by atoms with van der Waals surface area (Å²) >= 11 is 0. The van der Waals surface area contributed by atoms with Crippen molar-refractivity contribution in [3.8, 4) is 22.6 Å². The standard InChI is InChI=1S/C24H20FN5O2/c1-15(22(31)17-5-3-2-4-6-17)27-23-26-12-11-19(28-23)21-20(16-7-9-18(25)10-8-16)29-24-30(21)13-14-32-24/h2-15,22,31H,1H3,(H,26,27,28)/t15-,22-/m1/s1. The highest BCUT2D eigenvalue weighted by Gasteiger charge is 2.21. The highest BCUT2D eigenvalue weighted by atomic mass is 19.1. The van der Waals surface area contributed by atoms with Gasteiger partial charge < -0.3 is 14.8 Å². The highest BCUT2D eigenvalue weighted by molar-refractivity contribution is 5.79. The van der Waals surface area contributed by atoms with Gasteiger partial charge in [0.2, 0.25) is 5.95 Å². The fourth-order valence-corrected chi connectivity index (χ4v) is 3.62. The van der Waals surface area contributed by atoms with E-state index in [1.54, 1.807) is 41.3 Å². The number of halogens is 1. The van der Waals surface area contributed by atoms with Gasteiger partial charge >= 0.3 is 5.84 Å². The van der Waals surface area contributed by atoms with Crippen LogP contribution in [0.1, 0.15) is 18.6 Å². The molecule has 2 aromatic carbocycles. The molecule has 32 heavy (non-hydrogen) atoms. The summed E-state index contributed by atoms with van der Waals surface area (Å²) in [7, 11) is 0. The molecule has 0 radical (unpaired) electrons. The van der Waals surface area contributed by atoms with Crippen molar-refractivity contribution in [2.45, 2.75) is 19.1 Å². The molecule has 3 aromatic heterocycles. The van der Waals surface area contributed by atoms with E-state index in [2.05, 4.69) is 20.3 Å². The Morgan fingerprint density at radius 1 is 1.03 bits per heavy atom. The predicted molar refractivity (Wildman–Crippen MR) is 118 cm³/mol. The Bertz CT molecular complexity index is 1350. The van der Waals surface area contributed by atoms with Crippen LogP contribution >= 0.6 is 0 Å². The zero-order chi connectivity index (χ0) is 22.1. The van der Waals surface area contributed by atoms with Gasteiger partial charge in [0.15, 0.2) is 0 Å². The number of rotatable bonds is 6. The Balaban J connectivity index is 1.50. The smallest absolute Gasteiger partial charge is 0.306 e. The zero-order valence-electron chi connectivity index (χ0n) is 17.2. The van der Waals surface area contributed by atoms with Gasteiger partial charge in [-0.3, -0.25) is 4.40 Å². The van der Waals surface area contributed by atoms with Crippen molar-refractivity contribution >= 4 is 11.8 Å². The van der Waals surface area contributed by atoms with Gasteiger partial charge in [-0.15, -0.1) is 0 Å². The Labute approximate surface area is 183 Å². The average Bonchev–Trinajstić information content (AvgIpc) is 3.41. The quantitative estimate of drug-likeness (QED) is 0.406. The van der Waals surface area contributed by atoms with Crippen LogP contribution in [-0.2, 0) is 0 Å². The number of benzene rings is 2. The van der Waals surface area contributed by atoms with Gasteiger partial charge in [0, 0.05) is 18.0 Å². The molecule has 2 N–H and O–H groups in total. The number of aromatic nitrogens is 4. The third kappa shape index (κ3) is 3.72. The Kier molecular flexibility index (Phi) is 5.12. The number of fused-ring (bicyclic) bond motifs is 1. The summed E-state index contributed by atoms with van der Waals surface area (Å²) in [5, 5.41) is 13.8. The molecule has 0 saturated heterocycles. The zero-order valence-corrected chi connectivity index (χ0v) is 17.2. The molecule has 5 aromatic rings. The first-order valence-electron chi connectivity index (χ1n) is 10.1. The second-order valence-corrected chi connectivity index (χ2v) is 7.43. The van der Waals surface area contributed by atoms with Gasteiger partial charge in [-0.2, -0.15) is 4.98 Å². The predicted octanol–water partition coefficient (Wildman–Crippen LogP) is 4.72. The molecule has 0 unspecified atom stereocenters. The Hall–Kier alpha value is -4.04. The molecule has 5 rings (SSSR count). The number of hydrogen-bond donors (Lipinski definition) is 2. The lowest BCUT2D eigenvalue weighted by molar-refractivity contribution is 0.160. The highest BCUT2D eigenvalue weighted by Crippen LogP contribution is 2.32. The van der Waals surface area contributed by atoms with E-state index in [4.69, 9.17) is 4.42 Å². The minimum Gasteiger partial charge on any atom is -0.432 e. The minimum absolute atomic E-state index is 0.322. The van der Waals surface area contributed by atoms with Gasteiger partial charge in [-0.25, -0.2) is 14.4 Å². The van der Waals surface area contributed by atoms with E-state index < -0.39 is 6.10 Å². The molecule has 0 aliphatic rings. The van der Waals surface area contributed by atoms with Crippen LogP contribution in [0.3, 0.4) is 0 Å². The van der Waals surface area contributed by atoms with Gasteiger partial charge in [-0.05, 0) is 42.8 Å².